The van der Waals surface area contributed by atoms with E-state index >= 15 is 0 Å². The van der Waals surface area contributed by atoms with Crippen molar-refractivity contribution >= 4 is 5.69 Å². The molecule has 1 aliphatic carbocycles. The fourth-order valence-corrected chi connectivity index (χ4v) is 4.14. The van der Waals surface area contributed by atoms with Crippen molar-refractivity contribution in [3.05, 3.63) is 17.7 Å². The van der Waals surface area contributed by atoms with Gasteiger partial charge in [0.25, 0.3) is 0 Å². The zero-order valence-electron chi connectivity index (χ0n) is 13.9. The van der Waals surface area contributed by atoms with Crippen LogP contribution in [0.1, 0.15) is 44.1 Å². The summed E-state index contributed by atoms with van der Waals surface area (Å²) in [7, 11) is 3.52. The van der Waals surface area contributed by atoms with Crippen molar-refractivity contribution in [3.8, 4) is 11.5 Å². The lowest BCUT2D eigenvalue weighted by Gasteiger charge is -2.31. The van der Waals surface area contributed by atoms with E-state index in [2.05, 4.69) is 17.0 Å². The Kier molecular flexibility index (Phi) is 4.48. The Bertz CT molecular complexity index is 518. The van der Waals surface area contributed by atoms with Gasteiger partial charge in [-0.05, 0) is 31.7 Å². The molecule has 3 rings (SSSR count). The van der Waals surface area contributed by atoms with Gasteiger partial charge in [-0.1, -0.05) is 12.8 Å². The molecule has 4 heteroatoms. The minimum absolute atomic E-state index is 0.0577. The molecule has 0 bridgehead atoms. The smallest absolute Gasteiger partial charge is 0.142 e. The molecule has 1 heterocycles. The Morgan fingerprint density at radius 1 is 1.00 bits per heavy atom. The molecular weight excluding hydrogens is 276 g/mol. The highest BCUT2D eigenvalue weighted by Gasteiger charge is 2.37. The topological polar surface area (TPSA) is 47.7 Å². The summed E-state index contributed by atoms with van der Waals surface area (Å²) in [4.78, 5) is 2.40. The van der Waals surface area contributed by atoms with Gasteiger partial charge in [-0.15, -0.1) is 0 Å². The van der Waals surface area contributed by atoms with E-state index in [0.29, 0.717) is 6.54 Å². The van der Waals surface area contributed by atoms with Crippen LogP contribution in [0.4, 0.5) is 5.69 Å². The quantitative estimate of drug-likeness (QED) is 0.908. The van der Waals surface area contributed by atoms with Crippen LogP contribution >= 0.6 is 0 Å². The standard InChI is InChI=1S/C18H28N2O2/c1-21-16-12-15(20-9-5-6-10-20)17(22-2)11-14(16)18(13-19)7-3-4-8-18/h11-12H,3-10,13,19H2,1-2H3. The SMILES string of the molecule is COc1cc(C2(CN)CCCC2)c(OC)cc1N1CCCC1. The van der Waals surface area contributed by atoms with Gasteiger partial charge in [0, 0.05) is 36.7 Å². The van der Waals surface area contributed by atoms with Crippen LogP contribution in [0, 0.1) is 0 Å². The molecule has 1 saturated heterocycles. The fourth-order valence-electron chi connectivity index (χ4n) is 4.14. The summed E-state index contributed by atoms with van der Waals surface area (Å²) in [6.07, 6.45) is 7.28. The maximum absolute atomic E-state index is 6.17. The minimum atomic E-state index is 0.0577. The van der Waals surface area contributed by atoms with E-state index < -0.39 is 0 Å². The molecule has 2 fully saturated rings. The molecule has 122 valence electrons. The Balaban J connectivity index is 2.06. The molecule has 0 atom stereocenters. The fraction of sp³-hybridized carbons (Fsp3) is 0.667. The molecule has 0 spiro atoms. The molecule has 1 saturated carbocycles. The predicted molar refractivity (Wildman–Crippen MR) is 90.2 cm³/mol. The predicted octanol–water partition coefficient (Wildman–Crippen LogP) is 3.07. The largest absolute Gasteiger partial charge is 0.496 e. The summed E-state index contributed by atoms with van der Waals surface area (Å²) in [6, 6.07) is 4.35. The van der Waals surface area contributed by atoms with Crippen molar-refractivity contribution in [2.75, 3.05) is 38.8 Å². The van der Waals surface area contributed by atoms with E-state index in [1.807, 2.05) is 0 Å². The van der Waals surface area contributed by atoms with Crippen LogP contribution in [0.15, 0.2) is 12.1 Å². The van der Waals surface area contributed by atoms with Gasteiger partial charge in [0.15, 0.2) is 0 Å². The molecule has 4 nitrogen and oxygen atoms in total. The van der Waals surface area contributed by atoms with E-state index in [0.717, 1.165) is 43.1 Å². The van der Waals surface area contributed by atoms with Gasteiger partial charge in [0.05, 0.1) is 19.9 Å². The van der Waals surface area contributed by atoms with Crippen molar-refractivity contribution in [3.63, 3.8) is 0 Å². The van der Waals surface area contributed by atoms with Crippen LogP contribution in [-0.2, 0) is 5.41 Å². The van der Waals surface area contributed by atoms with Crippen LogP contribution < -0.4 is 20.1 Å². The van der Waals surface area contributed by atoms with Crippen molar-refractivity contribution in [1.82, 2.24) is 0 Å². The first kappa shape index (κ1) is 15.5. The second-order valence-corrected chi connectivity index (χ2v) is 6.61. The van der Waals surface area contributed by atoms with Gasteiger partial charge >= 0.3 is 0 Å². The van der Waals surface area contributed by atoms with Crippen LogP contribution in [0.5, 0.6) is 11.5 Å². The molecule has 22 heavy (non-hydrogen) atoms. The Morgan fingerprint density at radius 3 is 2.18 bits per heavy atom. The molecule has 2 aliphatic rings. The summed E-state index contributed by atoms with van der Waals surface area (Å²) in [5.41, 5.74) is 8.62. The number of nitrogens with two attached hydrogens (primary N) is 1. The molecule has 2 N–H and O–H groups in total. The highest BCUT2D eigenvalue weighted by atomic mass is 16.5. The van der Waals surface area contributed by atoms with Crippen LogP contribution in [0.3, 0.4) is 0 Å². The van der Waals surface area contributed by atoms with Crippen LogP contribution in [-0.4, -0.2) is 33.9 Å². The van der Waals surface area contributed by atoms with Crippen LogP contribution in [0.25, 0.3) is 0 Å². The average Bonchev–Trinajstić information content (AvgIpc) is 3.25. The van der Waals surface area contributed by atoms with E-state index in [1.54, 1.807) is 14.2 Å². The second kappa shape index (κ2) is 6.37. The van der Waals surface area contributed by atoms with Gasteiger partial charge in [0.1, 0.15) is 11.5 Å². The monoisotopic (exact) mass is 304 g/mol. The minimum Gasteiger partial charge on any atom is -0.496 e. The Labute approximate surface area is 133 Å². The van der Waals surface area contributed by atoms with Crippen molar-refractivity contribution in [2.45, 2.75) is 43.9 Å². The molecule has 0 radical (unpaired) electrons. The zero-order valence-corrected chi connectivity index (χ0v) is 13.9. The number of methoxy groups -OCH3 is 2. The maximum atomic E-state index is 6.17. The van der Waals surface area contributed by atoms with E-state index in [4.69, 9.17) is 15.2 Å². The molecule has 1 aromatic carbocycles. The Hall–Kier alpha value is -1.42. The molecule has 0 aromatic heterocycles. The number of ether oxygens (including phenoxy) is 2. The number of nitrogens with zero attached hydrogens (tertiary/aromatic N) is 1. The van der Waals surface area contributed by atoms with E-state index in [-0.39, 0.29) is 5.41 Å². The Morgan fingerprint density at radius 2 is 1.64 bits per heavy atom. The average molecular weight is 304 g/mol. The van der Waals surface area contributed by atoms with Gasteiger partial charge in [-0.2, -0.15) is 0 Å². The summed E-state index contributed by atoms with van der Waals surface area (Å²) in [5.74, 6) is 1.92. The highest BCUT2D eigenvalue weighted by molar-refractivity contribution is 5.65. The maximum Gasteiger partial charge on any atom is 0.142 e. The normalized spacial score (nSPS) is 20.4. The molecule has 1 aliphatic heterocycles. The number of hydrogen-bond donors (Lipinski definition) is 1. The van der Waals surface area contributed by atoms with Crippen molar-refractivity contribution < 1.29 is 9.47 Å². The number of rotatable bonds is 5. The van der Waals surface area contributed by atoms with Crippen molar-refractivity contribution in [1.29, 1.82) is 0 Å². The third-order valence-electron chi connectivity index (χ3n) is 5.47. The molecule has 0 amide bonds. The third-order valence-corrected chi connectivity index (χ3v) is 5.47. The molecule has 1 aromatic rings. The second-order valence-electron chi connectivity index (χ2n) is 6.61. The highest BCUT2D eigenvalue weighted by Crippen LogP contribution is 2.48. The van der Waals surface area contributed by atoms with Gasteiger partial charge < -0.3 is 20.1 Å². The first-order valence-electron chi connectivity index (χ1n) is 8.45. The van der Waals surface area contributed by atoms with Crippen molar-refractivity contribution in [2.24, 2.45) is 5.73 Å². The lowest BCUT2D eigenvalue weighted by molar-refractivity contribution is 0.370. The first-order chi connectivity index (χ1) is 10.7. The summed E-state index contributed by atoms with van der Waals surface area (Å²) >= 11 is 0. The first-order valence-corrected chi connectivity index (χ1v) is 8.45. The lowest BCUT2D eigenvalue weighted by atomic mass is 9.78. The third kappa shape index (κ3) is 2.54. The van der Waals surface area contributed by atoms with Gasteiger partial charge in [-0.3, -0.25) is 0 Å². The summed E-state index contributed by atoms with van der Waals surface area (Å²) < 4.78 is 11.5. The summed E-state index contributed by atoms with van der Waals surface area (Å²) in [6.45, 7) is 2.87. The van der Waals surface area contributed by atoms with E-state index in [9.17, 15) is 0 Å². The molecular formula is C18H28N2O2. The molecule has 0 unspecified atom stereocenters. The van der Waals surface area contributed by atoms with Gasteiger partial charge in [-0.25, -0.2) is 0 Å². The zero-order chi connectivity index (χ0) is 15.6. The lowest BCUT2D eigenvalue weighted by Crippen LogP contribution is -2.32. The van der Waals surface area contributed by atoms with Crippen LogP contribution in [0.2, 0.25) is 0 Å². The van der Waals surface area contributed by atoms with E-state index in [1.165, 1.54) is 31.2 Å². The summed E-state index contributed by atoms with van der Waals surface area (Å²) in [5, 5.41) is 0. The number of hydrogen-bond acceptors (Lipinski definition) is 4. The number of anilines is 1. The van der Waals surface area contributed by atoms with Gasteiger partial charge in [0.2, 0.25) is 0 Å². The number of benzene rings is 1.